The van der Waals surface area contributed by atoms with Crippen molar-refractivity contribution < 1.29 is 19.1 Å². The molecule has 2 saturated heterocycles. The SMILES string of the molecule is CCOC(=O)N1CCC(N2CCCC(NC(=O)c3ccc(OC)cc3)C2)CC1. The molecule has 2 fully saturated rings. The van der Waals surface area contributed by atoms with Crippen LogP contribution in [0.25, 0.3) is 0 Å². The van der Waals surface area contributed by atoms with Crippen molar-refractivity contribution in [1.82, 2.24) is 15.1 Å². The molecule has 0 aliphatic carbocycles. The Bertz CT molecular complexity index is 656. The maximum absolute atomic E-state index is 12.5. The molecule has 0 radical (unpaired) electrons. The number of hydrogen-bond donors (Lipinski definition) is 1. The van der Waals surface area contributed by atoms with E-state index in [4.69, 9.17) is 9.47 Å². The summed E-state index contributed by atoms with van der Waals surface area (Å²) in [5.41, 5.74) is 0.653. The first kappa shape index (κ1) is 20.5. The molecule has 0 aromatic heterocycles. The maximum atomic E-state index is 12.5. The highest BCUT2D eigenvalue weighted by Crippen LogP contribution is 2.22. The number of nitrogens with zero attached hydrogens (tertiary/aromatic N) is 2. The Morgan fingerprint density at radius 3 is 2.46 bits per heavy atom. The first-order valence-corrected chi connectivity index (χ1v) is 10.2. The Labute approximate surface area is 167 Å². The summed E-state index contributed by atoms with van der Waals surface area (Å²) in [6, 6.07) is 7.82. The number of ether oxygens (including phenoxy) is 2. The van der Waals surface area contributed by atoms with Crippen molar-refractivity contribution >= 4 is 12.0 Å². The Morgan fingerprint density at radius 2 is 1.82 bits per heavy atom. The van der Waals surface area contributed by atoms with Crippen LogP contribution in [0, 0.1) is 0 Å². The predicted molar refractivity (Wildman–Crippen MR) is 107 cm³/mol. The molecule has 2 heterocycles. The van der Waals surface area contributed by atoms with Crippen LogP contribution >= 0.6 is 0 Å². The third kappa shape index (κ3) is 5.16. The van der Waals surface area contributed by atoms with Gasteiger partial charge >= 0.3 is 6.09 Å². The summed E-state index contributed by atoms with van der Waals surface area (Å²) in [4.78, 5) is 28.7. The number of carbonyl (C=O) groups is 2. The molecule has 1 unspecified atom stereocenters. The van der Waals surface area contributed by atoms with Crippen molar-refractivity contribution in [3.05, 3.63) is 29.8 Å². The third-order valence-electron chi connectivity index (χ3n) is 5.65. The van der Waals surface area contributed by atoms with E-state index in [0.29, 0.717) is 18.2 Å². The second-order valence-corrected chi connectivity index (χ2v) is 7.45. The van der Waals surface area contributed by atoms with Crippen LogP contribution in [-0.4, -0.2) is 73.8 Å². The minimum atomic E-state index is -0.204. The van der Waals surface area contributed by atoms with Crippen molar-refractivity contribution in [2.24, 2.45) is 0 Å². The van der Waals surface area contributed by atoms with Crippen LogP contribution in [-0.2, 0) is 4.74 Å². The van der Waals surface area contributed by atoms with Gasteiger partial charge in [-0.1, -0.05) is 0 Å². The highest BCUT2D eigenvalue weighted by molar-refractivity contribution is 5.94. The number of nitrogens with one attached hydrogen (secondary N) is 1. The first-order valence-electron chi connectivity index (χ1n) is 10.2. The van der Waals surface area contributed by atoms with Crippen LogP contribution in [0.15, 0.2) is 24.3 Å². The molecular formula is C21H31N3O4. The van der Waals surface area contributed by atoms with Gasteiger partial charge in [0, 0.05) is 37.3 Å². The average molecular weight is 389 g/mol. The molecule has 154 valence electrons. The predicted octanol–water partition coefficient (Wildman–Crippen LogP) is 2.51. The molecule has 3 rings (SSSR count). The summed E-state index contributed by atoms with van der Waals surface area (Å²) in [7, 11) is 1.61. The summed E-state index contributed by atoms with van der Waals surface area (Å²) in [5.74, 6) is 0.709. The van der Waals surface area contributed by atoms with E-state index < -0.39 is 0 Å². The highest BCUT2D eigenvalue weighted by Gasteiger charge is 2.31. The molecule has 0 saturated carbocycles. The Hall–Kier alpha value is -2.28. The van der Waals surface area contributed by atoms with E-state index in [0.717, 1.165) is 57.6 Å². The van der Waals surface area contributed by atoms with Gasteiger partial charge in [0.05, 0.1) is 13.7 Å². The van der Waals surface area contributed by atoms with Gasteiger partial charge in [0.15, 0.2) is 0 Å². The van der Waals surface area contributed by atoms with Gasteiger partial charge in [-0.15, -0.1) is 0 Å². The summed E-state index contributed by atoms with van der Waals surface area (Å²) >= 11 is 0. The number of rotatable bonds is 5. The van der Waals surface area contributed by atoms with Crippen LogP contribution in [0.3, 0.4) is 0 Å². The lowest BCUT2D eigenvalue weighted by Gasteiger charge is -2.42. The lowest BCUT2D eigenvalue weighted by atomic mass is 9.98. The summed E-state index contributed by atoms with van der Waals surface area (Å²) in [6.07, 6.45) is 3.78. The monoisotopic (exact) mass is 389 g/mol. The van der Waals surface area contributed by atoms with Crippen LogP contribution in [0.5, 0.6) is 5.75 Å². The second-order valence-electron chi connectivity index (χ2n) is 7.45. The van der Waals surface area contributed by atoms with Gasteiger partial charge < -0.3 is 19.7 Å². The number of piperidine rings is 2. The van der Waals surface area contributed by atoms with Crippen molar-refractivity contribution in [3.63, 3.8) is 0 Å². The van der Waals surface area contributed by atoms with Gasteiger partial charge in [-0.25, -0.2) is 4.79 Å². The van der Waals surface area contributed by atoms with Crippen LogP contribution in [0.1, 0.15) is 43.0 Å². The van der Waals surface area contributed by atoms with Gasteiger partial charge in [-0.3, -0.25) is 9.69 Å². The molecule has 28 heavy (non-hydrogen) atoms. The number of amides is 2. The van der Waals surface area contributed by atoms with Crippen LogP contribution in [0.4, 0.5) is 4.79 Å². The molecule has 1 aromatic carbocycles. The smallest absolute Gasteiger partial charge is 0.409 e. The molecule has 2 amide bonds. The average Bonchev–Trinajstić information content (AvgIpc) is 2.74. The van der Waals surface area contributed by atoms with Gasteiger partial charge in [-0.2, -0.15) is 0 Å². The Kier molecular flexibility index (Phi) is 7.14. The molecule has 1 atom stereocenters. The zero-order valence-corrected chi connectivity index (χ0v) is 16.9. The highest BCUT2D eigenvalue weighted by atomic mass is 16.6. The number of benzene rings is 1. The van der Waals surface area contributed by atoms with Crippen molar-refractivity contribution in [3.8, 4) is 5.75 Å². The van der Waals surface area contributed by atoms with E-state index >= 15 is 0 Å². The van der Waals surface area contributed by atoms with E-state index in [-0.39, 0.29) is 18.0 Å². The molecule has 2 aliphatic heterocycles. The normalized spacial score (nSPS) is 21.2. The van der Waals surface area contributed by atoms with Crippen LogP contribution < -0.4 is 10.1 Å². The van der Waals surface area contributed by atoms with Crippen LogP contribution in [0.2, 0.25) is 0 Å². The molecule has 1 N–H and O–H groups in total. The summed E-state index contributed by atoms with van der Waals surface area (Å²) < 4.78 is 10.2. The fourth-order valence-electron chi connectivity index (χ4n) is 4.10. The summed E-state index contributed by atoms with van der Waals surface area (Å²) in [5, 5.41) is 3.18. The third-order valence-corrected chi connectivity index (χ3v) is 5.65. The zero-order chi connectivity index (χ0) is 19.9. The topological polar surface area (TPSA) is 71.1 Å². The minimum Gasteiger partial charge on any atom is -0.497 e. The van der Waals surface area contributed by atoms with Gasteiger partial charge in [-0.05, 0) is 63.4 Å². The van der Waals surface area contributed by atoms with E-state index in [1.807, 2.05) is 6.92 Å². The first-order chi connectivity index (χ1) is 13.6. The second kappa shape index (κ2) is 9.78. The number of carbonyl (C=O) groups excluding carboxylic acids is 2. The Morgan fingerprint density at radius 1 is 1.11 bits per heavy atom. The molecule has 7 heteroatoms. The van der Waals surface area contributed by atoms with Gasteiger partial charge in [0.25, 0.3) is 5.91 Å². The summed E-state index contributed by atoms with van der Waals surface area (Å²) in [6.45, 7) is 5.65. The molecule has 0 spiro atoms. The Balaban J connectivity index is 1.49. The lowest BCUT2D eigenvalue weighted by molar-refractivity contribution is 0.0601. The van der Waals surface area contributed by atoms with Crippen molar-refractivity contribution in [2.45, 2.75) is 44.7 Å². The number of hydrogen-bond acceptors (Lipinski definition) is 5. The number of methoxy groups -OCH3 is 1. The van der Waals surface area contributed by atoms with Crippen molar-refractivity contribution in [2.75, 3.05) is 39.9 Å². The fourth-order valence-corrected chi connectivity index (χ4v) is 4.10. The zero-order valence-electron chi connectivity index (χ0n) is 16.9. The molecule has 2 aliphatic rings. The largest absolute Gasteiger partial charge is 0.497 e. The van der Waals surface area contributed by atoms with Gasteiger partial charge in [0.2, 0.25) is 0 Å². The molecule has 7 nitrogen and oxygen atoms in total. The fraction of sp³-hybridized carbons (Fsp3) is 0.619. The maximum Gasteiger partial charge on any atom is 0.409 e. The van der Waals surface area contributed by atoms with E-state index in [1.165, 1.54) is 0 Å². The van der Waals surface area contributed by atoms with Gasteiger partial charge in [0.1, 0.15) is 5.75 Å². The standard InChI is InChI=1S/C21H31N3O4/c1-3-28-21(26)23-13-10-18(11-14-23)24-12-4-5-17(15-24)22-20(25)16-6-8-19(27-2)9-7-16/h6-9,17-18H,3-5,10-15H2,1-2H3,(H,22,25). The van der Waals surface area contributed by atoms with E-state index in [2.05, 4.69) is 10.2 Å². The van der Waals surface area contributed by atoms with E-state index in [9.17, 15) is 9.59 Å². The molecular weight excluding hydrogens is 358 g/mol. The molecule has 0 bridgehead atoms. The minimum absolute atomic E-state index is 0.0355. The lowest BCUT2D eigenvalue weighted by Crippen LogP contribution is -2.54. The van der Waals surface area contributed by atoms with E-state index in [1.54, 1.807) is 36.3 Å². The number of likely N-dealkylation sites (tertiary alicyclic amines) is 2. The quantitative estimate of drug-likeness (QED) is 0.838. The molecule has 1 aromatic rings. The van der Waals surface area contributed by atoms with Crippen molar-refractivity contribution in [1.29, 1.82) is 0 Å².